The van der Waals surface area contributed by atoms with Gasteiger partial charge in [0.2, 0.25) is 11.0 Å². The van der Waals surface area contributed by atoms with Crippen LogP contribution in [0.2, 0.25) is 0 Å². The molecule has 1 amide bonds. The van der Waals surface area contributed by atoms with E-state index >= 15 is 0 Å². The SMILES string of the molecule is Cc1nnc(NC(=O)CN2CCN(C3CCCCC3)CC2)s1. The third-order valence-electron chi connectivity index (χ3n) is 4.64. The number of piperazine rings is 1. The third-order valence-corrected chi connectivity index (χ3v) is 5.39. The van der Waals surface area contributed by atoms with E-state index in [1.807, 2.05) is 6.92 Å². The van der Waals surface area contributed by atoms with Crippen LogP contribution >= 0.6 is 11.3 Å². The molecule has 0 bridgehead atoms. The molecule has 22 heavy (non-hydrogen) atoms. The molecule has 7 heteroatoms. The first-order chi connectivity index (χ1) is 10.7. The lowest BCUT2D eigenvalue weighted by molar-refractivity contribution is -0.117. The zero-order valence-corrected chi connectivity index (χ0v) is 14.1. The van der Waals surface area contributed by atoms with Crippen molar-refractivity contribution in [2.75, 3.05) is 38.0 Å². The van der Waals surface area contributed by atoms with Crippen LogP contribution in [0.1, 0.15) is 37.1 Å². The zero-order valence-electron chi connectivity index (χ0n) is 13.3. The fourth-order valence-corrected chi connectivity index (χ4v) is 4.05. The summed E-state index contributed by atoms with van der Waals surface area (Å²) in [5.41, 5.74) is 0. The van der Waals surface area contributed by atoms with Crippen LogP contribution in [0.15, 0.2) is 0 Å². The molecule has 0 unspecified atom stereocenters. The zero-order chi connectivity index (χ0) is 15.4. The Balaban J connectivity index is 1.40. The number of anilines is 1. The van der Waals surface area contributed by atoms with E-state index < -0.39 is 0 Å². The smallest absolute Gasteiger partial charge is 0.240 e. The summed E-state index contributed by atoms with van der Waals surface area (Å²) in [7, 11) is 0. The molecule has 0 radical (unpaired) electrons. The third kappa shape index (κ3) is 4.24. The maximum Gasteiger partial charge on any atom is 0.240 e. The van der Waals surface area contributed by atoms with Crippen LogP contribution in [0.25, 0.3) is 0 Å². The van der Waals surface area contributed by atoms with Gasteiger partial charge in [0, 0.05) is 32.2 Å². The van der Waals surface area contributed by atoms with E-state index in [9.17, 15) is 4.79 Å². The van der Waals surface area contributed by atoms with Gasteiger partial charge in [0.1, 0.15) is 5.01 Å². The highest BCUT2D eigenvalue weighted by molar-refractivity contribution is 7.15. The van der Waals surface area contributed by atoms with E-state index in [1.54, 1.807) is 0 Å². The Morgan fingerprint density at radius 2 is 1.91 bits per heavy atom. The summed E-state index contributed by atoms with van der Waals surface area (Å²) in [6.45, 7) is 6.50. The van der Waals surface area contributed by atoms with Crippen LogP contribution in [0.3, 0.4) is 0 Å². The fourth-order valence-electron chi connectivity index (χ4n) is 3.44. The molecule has 1 aliphatic carbocycles. The molecular formula is C15H25N5OS. The second kappa shape index (κ2) is 7.48. The van der Waals surface area contributed by atoms with Crippen LogP contribution in [-0.2, 0) is 4.79 Å². The molecular weight excluding hydrogens is 298 g/mol. The molecule has 0 aromatic carbocycles. The van der Waals surface area contributed by atoms with Gasteiger partial charge in [-0.25, -0.2) is 0 Å². The quantitative estimate of drug-likeness (QED) is 0.914. The second-order valence-corrected chi connectivity index (χ2v) is 7.46. The molecule has 1 aliphatic heterocycles. The summed E-state index contributed by atoms with van der Waals surface area (Å²) in [6, 6.07) is 0.786. The fraction of sp³-hybridized carbons (Fsp3) is 0.800. The maximum atomic E-state index is 12.0. The number of carbonyl (C=O) groups excluding carboxylic acids is 1. The van der Waals surface area contributed by atoms with Gasteiger partial charge in [-0.1, -0.05) is 30.6 Å². The first-order valence-corrected chi connectivity index (χ1v) is 9.09. The summed E-state index contributed by atoms with van der Waals surface area (Å²) in [5.74, 6) is 0.0160. The number of aryl methyl sites for hydroxylation is 1. The summed E-state index contributed by atoms with van der Waals surface area (Å²) in [4.78, 5) is 16.9. The highest BCUT2D eigenvalue weighted by Gasteiger charge is 2.25. The first-order valence-electron chi connectivity index (χ1n) is 8.27. The van der Waals surface area contributed by atoms with Gasteiger partial charge in [-0.2, -0.15) is 0 Å². The molecule has 0 spiro atoms. The Hall–Kier alpha value is -1.05. The molecule has 122 valence electrons. The van der Waals surface area contributed by atoms with Crippen molar-refractivity contribution in [2.45, 2.75) is 45.1 Å². The van der Waals surface area contributed by atoms with Gasteiger partial charge in [-0.15, -0.1) is 10.2 Å². The van der Waals surface area contributed by atoms with Gasteiger partial charge in [0.25, 0.3) is 0 Å². The first kappa shape index (κ1) is 15.8. The minimum atomic E-state index is 0.0160. The van der Waals surface area contributed by atoms with Crippen LogP contribution in [0.4, 0.5) is 5.13 Å². The number of rotatable bonds is 4. The Kier molecular flexibility index (Phi) is 5.38. The largest absolute Gasteiger partial charge is 0.299 e. The topological polar surface area (TPSA) is 61.4 Å². The van der Waals surface area contributed by atoms with Crippen molar-refractivity contribution in [1.29, 1.82) is 0 Å². The van der Waals surface area contributed by atoms with E-state index in [0.717, 1.165) is 37.2 Å². The van der Waals surface area contributed by atoms with Crippen LogP contribution in [-0.4, -0.2) is 64.7 Å². The Bertz CT molecular complexity index is 492. The molecule has 2 heterocycles. The average molecular weight is 323 g/mol. The number of carbonyl (C=O) groups is 1. The van der Waals surface area contributed by atoms with Gasteiger partial charge in [0.05, 0.1) is 6.54 Å². The lowest BCUT2D eigenvalue weighted by atomic mass is 9.94. The lowest BCUT2D eigenvalue weighted by Crippen LogP contribution is -2.52. The van der Waals surface area contributed by atoms with Crippen LogP contribution in [0, 0.1) is 6.92 Å². The Labute approximate surface area is 135 Å². The number of hydrogen-bond donors (Lipinski definition) is 1. The number of nitrogens with one attached hydrogen (secondary N) is 1. The monoisotopic (exact) mass is 323 g/mol. The number of amides is 1. The van der Waals surface area contributed by atoms with Crippen molar-refractivity contribution in [1.82, 2.24) is 20.0 Å². The van der Waals surface area contributed by atoms with Crippen molar-refractivity contribution in [2.24, 2.45) is 0 Å². The maximum absolute atomic E-state index is 12.0. The molecule has 2 fully saturated rings. The van der Waals surface area contributed by atoms with Crippen molar-refractivity contribution < 1.29 is 4.79 Å². The van der Waals surface area contributed by atoms with Gasteiger partial charge >= 0.3 is 0 Å². The Morgan fingerprint density at radius 1 is 1.18 bits per heavy atom. The Morgan fingerprint density at radius 3 is 2.55 bits per heavy atom. The highest BCUT2D eigenvalue weighted by atomic mass is 32.1. The van der Waals surface area contributed by atoms with Gasteiger partial charge < -0.3 is 0 Å². The van der Waals surface area contributed by atoms with E-state index in [4.69, 9.17) is 0 Å². The normalized spacial score (nSPS) is 21.9. The minimum Gasteiger partial charge on any atom is -0.299 e. The van der Waals surface area contributed by atoms with Crippen LogP contribution in [0.5, 0.6) is 0 Å². The summed E-state index contributed by atoms with van der Waals surface area (Å²) < 4.78 is 0. The van der Waals surface area contributed by atoms with E-state index in [1.165, 1.54) is 43.4 Å². The molecule has 1 aromatic heterocycles. The van der Waals surface area contributed by atoms with Gasteiger partial charge in [-0.3, -0.25) is 19.9 Å². The predicted octanol–water partition coefficient (Wildman–Crippen LogP) is 1.74. The lowest BCUT2D eigenvalue weighted by Gasteiger charge is -2.40. The van der Waals surface area contributed by atoms with E-state index in [-0.39, 0.29) is 5.91 Å². The molecule has 0 atom stereocenters. The molecule has 1 saturated heterocycles. The van der Waals surface area contributed by atoms with E-state index in [2.05, 4.69) is 25.3 Å². The van der Waals surface area contributed by atoms with Crippen molar-refractivity contribution >= 4 is 22.4 Å². The van der Waals surface area contributed by atoms with Crippen LogP contribution < -0.4 is 5.32 Å². The highest BCUT2D eigenvalue weighted by Crippen LogP contribution is 2.23. The average Bonchev–Trinajstić information content (AvgIpc) is 2.94. The van der Waals surface area contributed by atoms with E-state index in [0.29, 0.717) is 11.7 Å². The molecule has 1 N–H and O–H groups in total. The molecule has 2 aliphatic rings. The van der Waals surface area contributed by atoms with Gasteiger partial charge in [0.15, 0.2) is 0 Å². The summed E-state index contributed by atoms with van der Waals surface area (Å²) >= 11 is 1.42. The standard InChI is InChI=1S/C15H25N5OS/c1-12-17-18-15(22-12)16-14(21)11-19-7-9-20(10-8-19)13-5-3-2-4-6-13/h13H,2-11H2,1H3,(H,16,18,21). The number of nitrogens with zero attached hydrogens (tertiary/aromatic N) is 4. The van der Waals surface area contributed by atoms with Crippen molar-refractivity contribution in [3.05, 3.63) is 5.01 Å². The summed E-state index contributed by atoms with van der Waals surface area (Å²) in [6.07, 6.45) is 6.89. The molecule has 1 saturated carbocycles. The summed E-state index contributed by atoms with van der Waals surface area (Å²) in [5, 5.41) is 12.2. The number of aromatic nitrogens is 2. The second-order valence-electron chi connectivity index (χ2n) is 6.28. The molecule has 6 nitrogen and oxygen atoms in total. The molecule has 3 rings (SSSR count). The minimum absolute atomic E-state index is 0.0160. The number of hydrogen-bond acceptors (Lipinski definition) is 6. The van der Waals surface area contributed by atoms with Crippen molar-refractivity contribution in [3.8, 4) is 0 Å². The van der Waals surface area contributed by atoms with Crippen molar-refractivity contribution in [3.63, 3.8) is 0 Å². The molecule has 1 aromatic rings. The predicted molar refractivity (Wildman–Crippen MR) is 88.2 cm³/mol. The van der Waals surface area contributed by atoms with Gasteiger partial charge in [-0.05, 0) is 19.8 Å².